The number of primary amides is 1. The van der Waals surface area contributed by atoms with Gasteiger partial charge in [0.1, 0.15) is 0 Å². The summed E-state index contributed by atoms with van der Waals surface area (Å²) in [7, 11) is 0. The van der Waals surface area contributed by atoms with Gasteiger partial charge < -0.3 is 10.3 Å². The third-order valence-electron chi connectivity index (χ3n) is 7.14. The molecular weight excluding hydrogens is 410 g/mol. The molecule has 33 heavy (non-hydrogen) atoms. The van der Waals surface area contributed by atoms with Crippen LogP contribution in [0.25, 0.3) is 22.0 Å². The van der Waals surface area contributed by atoms with Crippen molar-refractivity contribution in [2.24, 2.45) is 5.73 Å². The zero-order chi connectivity index (χ0) is 23.4. The van der Waals surface area contributed by atoms with Crippen molar-refractivity contribution < 1.29 is 4.79 Å². The van der Waals surface area contributed by atoms with E-state index in [4.69, 9.17) is 5.73 Å². The summed E-state index contributed by atoms with van der Waals surface area (Å²) in [5, 5.41) is 1.02. The monoisotopic (exact) mass is 445 g/mol. The quantitative estimate of drug-likeness (QED) is 0.485. The summed E-state index contributed by atoms with van der Waals surface area (Å²) in [4.78, 5) is 27.8. The second-order valence-electron chi connectivity index (χ2n) is 9.45. The highest BCUT2D eigenvalue weighted by molar-refractivity contribution is 5.94. The van der Waals surface area contributed by atoms with E-state index in [9.17, 15) is 9.59 Å². The fourth-order valence-corrected chi connectivity index (χ4v) is 5.25. The van der Waals surface area contributed by atoms with E-state index < -0.39 is 5.91 Å². The van der Waals surface area contributed by atoms with E-state index >= 15 is 0 Å². The Hall–Kier alpha value is -2.92. The molecule has 1 amide bonds. The maximum absolute atomic E-state index is 13.5. The average Bonchev–Trinajstić information content (AvgIpc) is 2.81. The third-order valence-corrected chi connectivity index (χ3v) is 7.14. The zero-order valence-electron chi connectivity index (χ0n) is 19.8. The van der Waals surface area contributed by atoms with Crippen LogP contribution in [0.3, 0.4) is 0 Å². The number of hydrogen-bond donors (Lipinski definition) is 1. The van der Waals surface area contributed by atoms with Crippen LogP contribution >= 0.6 is 0 Å². The summed E-state index contributed by atoms with van der Waals surface area (Å²) in [6.07, 6.45) is 7.16. The number of hydrogen-bond acceptors (Lipinski definition) is 3. The number of carbonyl (C=O) groups excluding carboxylic acids is 1. The van der Waals surface area contributed by atoms with E-state index in [-0.39, 0.29) is 5.56 Å². The average molecular weight is 446 g/mol. The van der Waals surface area contributed by atoms with Crippen molar-refractivity contribution >= 4 is 16.8 Å². The number of amides is 1. The molecule has 1 aliphatic rings. The normalized spacial score (nSPS) is 19.1. The van der Waals surface area contributed by atoms with Crippen LogP contribution in [-0.4, -0.2) is 34.0 Å². The Labute approximate surface area is 196 Å². The van der Waals surface area contributed by atoms with Crippen molar-refractivity contribution in [1.82, 2.24) is 9.47 Å². The highest BCUT2D eigenvalue weighted by Gasteiger charge is 2.23. The van der Waals surface area contributed by atoms with Crippen LogP contribution in [0.2, 0.25) is 0 Å². The Morgan fingerprint density at radius 2 is 1.67 bits per heavy atom. The number of pyridine rings is 1. The molecule has 2 heterocycles. The van der Waals surface area contributed by atoms with Crippen molar-refractivity contribution in [2.45, 2.75) is 71.0 Å². The molecule has 0 unspecified atom stereocenters. The number of para-hydroxylation sites is 1. The molecule has 5 heteroatoms. The van der Waals surface area contributed by atoms with Crippen molar-refractivity contribution in [3.05, 3.63) is 70.5 Å². The van der Waals surface area contributed by atoms with Crippen LogP contribution < -0.4 is 11.3 Å². The van der Waals surface area contributed by atoms with E-state index in [2.05, 4.69) is 18.7 Å². The van der Waals surface area contributed by atoms with Gasteiger partial charge in [-0.15, -0.1) is 0 Å². The molecule has 0 spiro atoms. The van der Waals surface area contributed by atoms with Gasteiger partial charge in [0.05, 0.1) is 5.52 Å². The number of benzene rings is 2. The Bertz CT molecular complexity index is 1170. The molecule has 1 saturated heterocycles. The minimum Gasteiger partial charge on any atom is -0.366 e. The molecule has 174 valence electrons. The van der Waals surface area contributed by atoms with Crippen LogP contribution in [-0.2, 0) is 6.54 Å². The Balaban J connectivity index is 1.52. The Kier molecular flexibility index (Phi) is 7.29. The molecule has 0 saturated carbocycles. The van der Waals surface area contributed by atoms with Gasteiger partial charge in [-0.25, -0.2) is 0 Å². The first-order valence-corrected chi connectivity index (χ1v) is 12.2. The first kappa shape index (κ1) is 23.2. The molecule has 1 fully saturated rings. The summed E-state index contributed by atoms with van der Waals surface area (Å²) in [5.74, 6) is -0.490. The Morgan fingerprint density at radius 3 is 2.42 bits per heavy atom. The maximum atomic E-state index is 13.5. The van der Waals surface area contributed by atoms with Gasteiger partial charge in [-0.3, -0.25) is 14.5 Å². The van der Waals surface area contributed by atoms with Crippen LogP contribution in [0, 0.1) is 0 Å². The number of nitrogens with zero attached hydrogens (tertiary/aromatic N) is 2. The number of rotatable bonds is 8. The largest absolute Gasteiger partial charge is 0.366 e. The Morgan fingerprint density at radius 1 is 0.939 bits per heavy atom. The topological polar surface area (TPSA) is 68.3 Å². The van der Waals surface area contributed by atoms with Crippen LogP contribution in [0.5, 0.6) is 0 Å². The predicted octanol–water partition coefficient (Wildman–Crippen LogP) is 5.20. The first-order valence-electron chi connectivity index (χ1n) is 12.2. The lowest BCUT2D eigenvalue weighted by molar-refractivity contribution is 0.1000. The lowest BCUT2D eigenvalue weighted by Gasteiger charge is -2.39. The molecule has 2 atom stereocenters. The minimum absolute atomic E-state index is 0.0198. The molecule has 3 aromatic rings. The second-order valence-corrected chi connectivity index (χ2v) is 9.45. The molecule has 0 aliphatic carbocycles. The van der Waals surface area contributed by atoms with E-state index in [1.807, 2.05) is 41.0 Å². The molecule has 2 N–H and O–H groups in total. The summed E-state index contributed by atoms with van der Waals surface area (Å²) in [5.41, 5.74) is 8.13. The standard InChI is InChI=1S/C28H35N3O2/c1-20-10-8-11-21(2)30(20)16-6-3-7-17-31-26-15-5-4-12-23(26)19-25(28(31)33)22-13-9-14-24(18-22)27(29)32/h4-5,9,12-15,18-21H,3,6-8,10-11,16-17H2,1-2H3,(H2,29,32)/t20-,21+. The number of likely N-dealkylation sites (tertiary alicyclic amines) is 1. The van der Waals surface area contributed by atoms with Gasteiger partial charge >= 0.3 is 0 Å². The lowest BCUT2D eigenvalue weighted by Crippen LogP contribution is -2.44. The fraction of sp³-hybridized carbons (Fsp3) is 0.429. The molecule has 4 rings (SSSR count). The van der Waals surface area contributed by atoms with Crippen LogP contribution in [0.1, 0.15) is 62.7 Å². The number of aromatic nitrogens is 1. The van der Waals surface area contributed by atoms with Gasteiger partial charge in [0.2, 0.25) is 5.91 Å². The zero-order valence-corrected chi connectivity index (χ0v) is 19.8. The number of aryl methyl sites for hydroxylation is 1. The fourth-order valence-electron chi connectivity index (χ4n) is 5.25. The first-order chi connectivity index (χ1) is 16.0. The molecule has 5 nitrogen and oxygen atoms in total. The highest BCUT2D eigenvalue weighted by Crippen LogP contribution is 2.24. The molecular formula is C28H35N3O2. The van der Waals surface area contributed by atoms with Gasteiger partial charge in [0.25, 0.3) is 5.56 Å². The van der Waals surface area contributed by atoms with E-state index in [0.717, 1.165) is 42.3 Å². The number of piperidine rings is 1. The SMILES string of the molecule is C[C@@H]1CCC[C@H](C)N1CCCCCn1c(=O)c(-c2cccc(C(N)=O)c2)cc2ccccc21. The minimum atomic E-state index is -0.490. The van der Waals surface area contributed by atoms with Gasteiger partial charge in [-0.1, -0.05) is 43.2 Å². The van der Waals surface area contributed by atoms with E-state index in [1.165, 1.54) is 19.3 Å². The van der Waals surface area contributed by atoms with Crippen molar-refractivity contribution in [3.8, 4) is 11.1 Å². The number of carbonyl (C=O) groups is 1. The number of unbranched alkanes of at least 4 members (excludes halogenated alkanes) is 2. The molecule has 2 aromatic carbocycles. The van der Waals surface area contributed by atoms with Crippen molar-refractivity contribution in [3.63, 3.8) is 0 Å². The van der Waals surface area contributed by atoms with Crippen LogP contribution in [0.4, 0.5) is 0 Å². The van der Waals surface area contributed by atoms with Crippen LogP contribution in [0.15, 0.2) is 59.4 Å². The van der Waals surface area contributed by atoms with Crippen molar-refractivity contribution in [1.29, 1.82) is 0 Å². The summed E-state index contributed by atoms with van der Waals surface area (Å²) >= 11 is 0. The van der Waals surface area contributed by atoms with Gasteiger partial charge in [-0.2, -0.15) is 0 Å². The molecule has 0 radical (unpaired) electrons. The summed E-state index contributed by atoms with van der Waals surface area (Å²) in [6, 6.07) is 18.3. The van der Waals surface area contributed by atoms with Gasteiger partial charge in [-0.05, 0) is 81.3 Å². The smallest absolute Gasteiger partial charge is 0.258 e. The number of nitrogens with two attached hydrogens (primary N) is 1. The predicted molar refractivity (Wildman–Crippen MR) is 135 cm³/mol. The summed E-state index contributed by atoms with van der Waals surface area (Å²) < 4.78 is 1.90. The van der Waals surface area contributed by atoms with E-state index in [1.54, 1.807) is 18.2 Å². The second kappa shape index (κ2) is 10.3. The third kappa shape index (κ3) is 5.19. The summed E-state index contributed by atoms with van der Waals surface area (Å²) in [6.45, 7) is 6.52. The highest BCUT2D eigenvalue weighted by atomic mass is 16.1. The van der Waals surface area contributed by atoms with Gasteiger partial charge in [0, 0.05) is 29.8 Å². The van der Waals surface area contributed by atoms with E-state index in [0.29, 0.717) is 29.8 Å². The number of fused-ring (bicyclic) bond motifs is 1. The van der Waals surface area contributed by atoms with Crippen molar-refractivity contribution in [2.75, 3.05) is 6.54 Å². The lowest BCUT2D eigenvalue weighted by atomic mass is 9.97. The van der Waals surface area contributed by atoms with Gasteiger partial charge in [0.15, 0.2) is 0 Å². The molecule has 1 aromatic heterocycles. The molecule has 0 bridgehead atoms. The molecule has 1 aliphatic heterocycles. The maximum Gasteiger partial charge on any atom is 0.258 e.